The minimum atomic E-state index is -1.26. The van der Waals surface area contributed by atoms with Gasteiger partial charge >= 0.3 is 11.9 Å². The summed E-state index contributed by atoms with van der Waals surface area (Å²) in [4.78, 5) is 24.2. The Morgan fingerprint density at radius 1 is 1.42 bits per heavy atom. The minimum absolute atomic E-state index is 0.195. The molecule has 4 aliphatic rings. The molecule has 0 bridgehead atoms. The number of ether oxygens (including phenoxy) is 3. The van der Waals surface area contributed by atoms with E-state index in [1.807, 2.05) is 13.8 Å². The highest BCUT2D eigenvalue weighted by atomic mass is 16.6. The zero-order valence-corrected chi connectivity index (χ0v) is 15.3. The molecule has 0 amide bonds. The second-order valence-corrected chi connectivity index (χ2v) is 8.31. The molecule has 4 rings (SSSR count). The molecule has 1 N–H and O–H groups in total. The fourth-order valence-corrected chi connectivity index (χ4v) is 4.86. The standard InChI is InChI=1S/C20H26O6/c1-5-10(2)17(21)25-14-6-16-19(9-24-19)8-15-13(11(3)18(22)26-15)7-20(16,23)12(14)4/h10,13-16,23H,3-9H2,1-2H3. The van der Waals surface area contributed by atoms with Gasteiger partial charge in [0.05, 0.1) is 18.1 Å². The SMILES string of the molecule is C=C1C(=O)OC2CC3(CO3)C3CC(OC(=O)C(C)CC)C(=C)C3(O)CC12. The summed E-state index contributed by atoms with van der Waals surface area (Å²) in [5.41, 5.74) is -0.901. The van der Waals surface area contributed by atoms with Crippen molar-refractivity contribution in [2.45, 2.75) is 62.9 Å². The number of epoxide rings is 1. The van der Waals surface area contributed by atoms with Gasteiger partial charge in [0.15, 0.2) is 0 Å². The molecule has 6 heteroatoms. The lowest BCUT2D eigenvalue weighted by atomic mass is 9.77. The van der Waals surface area contributed by atoms with Gasteiger partial charge in [0.2, 0.25) is 0 Å². The Balaban J connectivity index is 1.63. The molecule has 0 aromatic carbocycles. The van der Waals surface area contributed by atoms with E-state index in [9.17, 15) is 14.7 Å². The maximum atomic E-state index is 12.3. The first kappa shape index (κ1) is 17.7. The second kappa shape index (κ2) is 5.67. The van der Waals surface area contributed by atoms with Crippen LogP contribution < -0.4 is 0 Å². The summed E-state index contributed by atoms with van der Waals surface area (Å²) in [5.74, 6) is -1.36. The zero-order valence-electron chi connectivity index (χ0n) is 15.3. The van der Waals surface area contributed by atoms with Crippen LogP contribution in [0.25, 0.3) is 0 Å². The highest BCUT2D eigenvalue weighted by Crippen LogP contribution is 2.60. The van der Waals surface area contributed by atoms with E-state index in [0.29, 0.717) is 43.4 Å². The quantitative estimate of drug-likeness (QED) is 0.357. The van der Waals surface area contributed by atoms with Crippen molar-refractivity contribution in [2.24, 2.45) is 17.8 Å². The van der Waals surface area contributed by atoms with Gasteiger partial charge in [-0.3, -0.25) is 4.79 Å². The van der Waals surface area contributed by atoms with Crippen molar-refractivity contribution in [3.05, 3.63) is 24.3 Å². The van der Waals surface area contributed by atoms with Crippen molar-refractivity contribution < 1.29 is 28.9 Å². The van der Waals surface area contributed by atoms with E-state index in [4.69, 9.17) is 14.2 Å². The molecule has 26 heavy (non-hydrogen) atoms. The summed E-state index contributed by atoms with van der Waals surface area (Å²) in [6, 6.07) is 0. The number of carbonyl (C=O) groups is 2. The van der Waals surface area contributed by atoms with Gasteiger partial charge in [-0.2, -0.15) is 0 Å². The molecule has 2 saturated heterocycles. The third kappa shape index (κ3) is 2.38. The smallest absolute Gasteiger partial charge is 0.334 e. The van der Waals surface area contributed by atoms with E-state index in [0.717, 1.165) is 0 Å². The van der Waals surface area contributed by atoms with Crippen molar-refractivity contribution >= 4 is 11.9 Å². The van der Waals surface area contributed by atoms with Crippen LogP contribution in [-0.4, -0.2) is 47.1 Å². The third-order valence-electron chi connectivity index (χ3n) is 6.89. The monoisotopic (exact) mass is 362 g/mol. The Hall–Kier alpha value is -1.66. The Morgan fingerprint density at radius 3 is 2.73 bits per heavy atom. The summed E-state index contributed by atoms with van der Waals surface area (Å²) in [7, 11) is 0. The van der Waals surface area contributed by atoms with Crippen LogP contribution in [0.15, 0.2) is 24.3 Å². The summed E-state index contributed by atoms with van der Waals surface area (Å²) < 4.78 is 16.9. The fourth-order valence-electron chi connectivity index (χ4n) is 4.86. The molecule has 7 unspecified atom stereocenters. The molecule has 142 valence electrons. The lowest BCUT2D eigenvalue weighted by molar-refractivity contribution is -0.152. The van der Waals surface area contributed by atoms with Gasteiger partial charge in [-0.1, -0.05) is 27.0 Å². The van der Waals surface area contributed by atoms with E-state index in [-0.39, 0.29) is 29.8 Å². The van der Waals surface area contributed by atoms with Gasteiger partial charge in [0.1, 0.15) is 17.8 Å². The maximum Gasteiger partial charge on any atom is 0.334 e. The highest BCUT2D eigenvalue weighted by molar-refractivity contribution is 5.91. The first-order valence-corrected chi connectivity index (χ1v) is 9.37. The fraction of sp³-hybridized carbons (Fsp3) is 0.700. The molecule has 2 saturated carbocycles. The van der Waals surface area contributed by atoms with Gasteiger partial charge in [-0.15, -0.1) is 0 Å². The van der Waals surface area contributed by atoms with E-state index < -0.39 is 23.3 Å². The molecule has 2 aliphatic carbocycles. The van der Waals surface area contributed by atoms with Crippen molar-refractivity contribution in [1.82, 2.24) is 0 Å². The average Bonchev–Trinajstić information content (AvgIpc) is 3.30. The summed E-state index contributed by atoms with van der Waals surface area (Å²) >= 11 is 0. The van der Waals surface area contributed by atoms with Gasteiger partial charge in [0.25, 0.3) is 0 Å². The molecule has 1 spiro atoms. The van der Waals surface area contributed by atoms with Crippen molar-refractivity contribution in [1.29, 1.82) is 0 Å². The highest BCUT2D eigenvalue weighted by Gasteiger charge is 2.69. The minimum Gasteiger partial charge on any atom is -0.458 e. The van der Waals surface area contributed by atoms with Crippen LogP contribution in [0.3, 0.4) is 0 Å². The second-order valence-electron chi connectivity index (χ2n) is 8.31. The number of hydrogen-bond donors (Lipinski definition) is 1. The Bertz CT molecular complexity index is 692. The Morgan fingerprint density at radius 2 is 2.12 bits per heavy atom. The van der Waals surface area contributed by atoms with Crippen LogP contribution in [0.4, 0.5) is 0 Å². The lowest BCUT2D eigenvalue weighted by Gasteiger charge is -2.33. The van der Waals surface area contributed by atoms with Crippen LogP contribution in [-0.2, 0) is 23.8 Å². The molecule has 2 heterocycles. The van der Waals surface area contributed by atoms with E-state index in [1.165, 1.54) is 0 Å². The predicted octanol–water partition coefficient (Wildman–Crippen LogP) is 1.91. The summed E-state index contributed by atoms with van der Waals surface area (Å²) in [6.07, 6.45) is 1.17. The molecule has 0 radical (unpaired) electrons. The van der Waals surface area contributed by atoms with Crippen molar-refractivity contribution in [2.75, 3.05) is 6.61 Å². The van der Waals surface area contributed by atoms with Crippen LogP contribution in [0.1, 0.15) is 39.5 Å². The van der Waals surface area contributed by atoms with Crippen LogP contribution in [0.2, 0.25) is 0 Å². The number of aliphatic hydroxyl groups is 1. The third-order valence-corrected chi connectivity index (χ3v) is 6.89. The molecule has 0 aromatic rings. The van der Waals surface area contributed by atoms with Gasteiger partial charge in [-0.05, 0) is 24.8 Å². The molecular weight excluding hydrogens is 336 g/mol. The maximum absolute atomic E-state index is 12.3. The average molecular weight is 362 g/mol. The summed E-state index contributed by atoms with van der Waals surface area (Å²) in [6.45, 7) is 12.2. The largest absolute Gasteiger partial charge is 0.458 e. The van der Waals surface area contributed by atoms with Crippen LogP contribution in [0.5, 0.6) is 0 Å². The Kier molecular flexibility index (Phi) is 3.87. The Labute approximate surface area is 153 Å². The number of rotatable bonds is 3. The van der Waals surface area contributed by atoms with Crippen LogP contribution >= 0.6 is 0 Å². The number of hydrogen-bond acceptors (Lipinski definition) is 6. The van der Waals surface area contributed by atoms with E-state index in [2.05, 4.69) is 13.2 Å². The molecule has 2 aliphatic heterocycles. The molecule has 4 fully saturated rings. The molecule has 6 nitrogen and oxygen atoms in total. The predicted molar refractivity (Wildman–Crippen MR) is 92.0 cm³/mol. The topological polar surface area (TPSA) is 85.4 Å². The van der Waals surface area contributed by atoms with Crippen LogP contribution in [0, 0.1) is 17.8 Å². The van der Waals surface area contributed by atoms with Crippen molar-refractivity contribution in [3.63, 3.8) is 0 Å². The first-order chi connectivity index (χ1) is 12.2. The molecule has 0 aromatic heterocycles. The number of carbonyl (C=O) groups excluding carboxylic acids is 2. The molecule has 7 atom stereocenters. The normalized spacial score (nSPS) is 45.0. The summed E-state index contributed by atoms with van der Waals surface area (Å²) in [5, 5.41) is 11.6. The van der Waals surface area contributed by atoms with E-state index in [1.54, 1.807) is 0 Å². The van der Waals surface area contributed by atoms with E-state index >= 15 is 0 Å². The number of fused-ring (bicyclic) bond motifs is 3. The van der Waals surface area contributed by atoms with Crippen molar-refractivity contribution in [3.8, 4) is 0 Å². The van der Waals surface area contributed by atoms with Gasteiger partial charge in [-0.25, -0.2) is 4.79 Å². The molecular formula is C20H26O6. The first-order valence-electron chi connectivity index (χ1n) is 9.37. The number of esters is 2. The lowest BCUT2D eigenvalue weighted by Crippen LogP contribution is -2.42. The zero-order chi connectivity index (χ0) is 18.9. The van der Waals surface area contributed by atoms with Gasteiger partial charge in [0, 0.05) is 23.8 Å². The van der Waals surface area contributed by atoms with Gasteiger partial charge < -0.3 is 19.3 Å².